The molecule has 2 rings (SSSR count). The van der Waals surface area contributed by atoms with Gasteiger partial charge in [0, 0.05) is 20.0 Å². The van der Waals surface area contributed by atoms with Crippen LogP contribution in [0.4, 0.5) is 0 Å². The van der Waals surface area contributed by atoms with Crippen LogP contribution in [0.25, 0.3) is 0 Å². The van der Waals surface area contributed by atoms with Crippen molar-refractivity contribution in [2.75, 3.05) is 13.9 Å². The number of methoxy groups -OCH3 is 1. The van der Waals surface area contributed by atoms with Gasteiger partial charge >= 0.3 is 5.97 Å². The second kappa shape index (κ2) is 11.1. The highest BCUT2D eigenvalue weighted by molar-refractivity contribution is 5.69. The lowest BCUT2D eigenvalue weighted by Gasteiger charge is -2.27. The predicted octanol–water partition coefficient (Wildman–Crippen LogP) is 4.12. The molecule has 0 N–H and O–H groups in total. The van der Waals surface area contributed by atoms with Gasteiger partial charge < -0.3 is 23.7 Å². The van der Waals surface area contributed by atoms with Crippen molar-refractivity contribution in [1.29, 1.82) is 0 Å². The Balaban J connectivity index is 2.02. The maximum absolute atomic E-state index is 12.4. The minimum absolute atomic E-state index is 0.116. The molecule has 2 aliphatic heterocycles. The van der Waals surface area contributed by atoms with E-state index in [0.717, 1.165) is 19.3 Å². The van der Waals surface area contributed by atoms with Gasteiger partial charge in [0.1, 0.15) is 19.0 Å². The summed E-state index contributed by atoms with van der Waals surface area (Å²) in [5.74, 6) is -0.831. The first-order chi connectivity index (χ1) is 12.9. The van der Waals surface area contributed by atoms with Gasteiger partial charge in [0.15, 0.2) is 5.79 Å². The maximum Gasteiger partial charge on any atom is 0.306 e. The van der Waals surface area contributed by atoms with Crippen molar-refractivity contribution in [3.63, 3.8) is 0 Å². The van der Waals surface area contributed by atoms with E-state index in [2.05, 4.69) is 6.92 Å². The van der Waals surface area contributed by atoms with E-state index in [1.807, 2.05) is 26.0 Å². The number of rotatable bonds is 9. The summed E-state index contributed by atoms with van der Waals surface area (Å²) >= 11 is 0. The minimum atomic E-state index is -0.625. The van der Waals surface area contributed by atoms with Crippen LogP contribution in [0, 0.1) is 0 Å². The summed E-state index contributed by atoms with van der Waals surface area (Å²) < 4.78 is 28.6. The normalized spacial score (nSPS) is 30.4. The third-order valence-electron chi connectivity index (χ3n) is 4.99. The van der Waals surface area contributed by atoms with Gasteiger partial charge in [-0.2, -0.15) is 0 Å². The first kappa shape index (κ1) is 22.3. The first-order valence-electron chi connectivity index (χ1n) is 10.3. The highest BCUT2D eigenvalue weighted by Crippen LogP contribution is 2.32. The molecular weight excluding hydrogens is 348 g/mol. The Labute approximate surface area is 163 Å². The summed E-state index contributed by atoms with van der Waals surface area (Å²) in [6, 6.07) is 0. The number of ether oxygens (including phenoxy) is 5. The van der Waals surface area contributed by atoms with Crippen LogP contribution in [0.1, 0.15) is 72.1 Å². The van der Waals surface area contributed by atoms with Crippen LogP contribution < -0.4 is 0 Å². The van der Waals surface area contributed by atoms with Gasteiger partial charge in [-0.25, -0.2) is 0 Å². The Morgan fingerprint density at radius 2 is 2.07 bits per heavy atom. The molecule has 6 heteroatoms. The van der Waals surface area contributed by atoms with Crippen LogP contribution in [0.5, 0.6) is 0 Å². The molecule has 0 amide bonds. The van der Waals surface area contributed by atoms with E-state index in [1.165, 1.54) is 12.8 Å². The lowest BCUT2D eigenvalue weighted by molar-refractivity contribution is -0.167. The van der Waals surface area contributed by atoms with Crippen LogP contribution >= 0.6 is 0 Å². The summed E-state index contributed by atoms with van der Waals surface area (Å²) in [5, 5.41) is 0. The zero-order valence-corrected chi connectivity index (χ0v) is 17.3. The van der Waals surface area contributed by atoms with Crippen molar-refractivity contribution >= 4 is 5.97 Å². The predicted molar refractivity (Wildman–Crippen MR) is 102 cm³/mol. The van der Waals surface area contributed by atoms with Gasteiger partial charge in [-0.1, -0.05) is 44.8 Å². The highest BCUT2D eigenvalue weighted by atomic mass is 16.7. The third-order valence-corrected chi connectivity index (χ3v) is 4.99. The van der Waals surface area contributed by atoms with Gasteiger partial charge in [0.25, 0.3) is 0 Å². The standard InChI is InChI=1S/C21H36O6/c1-5-6-7-8-10-16(24-15-23-4)17-11-9-12-18-19(13-14-20(22)25-17)27-21(2,3)26-18/h9,12,16-19H,5-8,10-11,13-15H2,1-4H3/b12-9+/t16-,17-,18+,19+/m0/s1. The van der Waals surface area contributed by atoms with Gasteiger partial charge in [-0.3, -0.25) is 4.79 Å². The number of esters is 1. The Bertz CT molecular complexity index is 475. The first-order valence-corrected chi connectivity index (χ1v) is 10.3. The minimum Gasteiger partial charge on any atom is -0.459 e. The molecule has 0 aromatic rings. The Morgan fingerprint density at radius 3 is 2.81 bits per heavy atom. The molecule has 27 heavy (non-hydrogen) atoms. The van der Waals surface area contributed by atoms with Crippen molar-refractivity contribution in [3.8, 4) is 0 Å². The molecule has 1 saturated heterocycles. The molecule has 4 atom stereocenters. The van der Waals surface area contributed by atoms with Gasteiger partial charge in [0.2, 0.25) is 0 Å². The van der Waals surface area contributed by atoms with Crippen molar-refractivity contribution in [2.45, 2.75) is 102 Å². The molecule has 0 aliphatic carbocycles. The molecule has 2 heterocycles. The van der Waals surface area contributed by atoms with Gasteiger partial charge in [-0.15, -0.1) is 0 Å². The second-order valence-electron chi connectivity index (χ2n) is 7.83. The van der Waals surface area contributed by atoms with Crippen LogP contribution in [-0.4, -0.2) is 50.1 Å². The van der Waals surface area contributed by atoms with Gasteiger partial charge in [0.05, 0.1) is 12.2 Å². The van der Waals surface area contributed by atoms with E-state index in [1.54, 1.807) is 7.11 Å². The second-order valence-corrected chi connectivity index (χ2v) is 7.83. The molecule has 0 bridgehead atoms. The topological polar surface area (TPSA) is 63.2 Å². The number of carbonyl (C=O) groups excluding carboxylic acids is 1. The molecule has 6 nitrogen and oxygen atoms in total. The fraction of sp³-hybridized carbons (Fsp3) is 0.857. The zero-order chi connectivity index (χ0) is 19.7. The molecule has 0 saturated carbocycles. The van der Waals surface area contributed by atoms with E-state index in [4.69, 9.17) is 23.7 Å². The van der Waals surface area contributed by atoms with E-state index in [0.29, 0.717) is 19.3 Å². The van der Waals surface area contributed by atoms with Crippen LogP contribution in [0.15, 0.2) is 12.2 Å². The van der Waals surface area contributed by atoms with Gasteiger partial charge in [-0.05, 0) is 26.7 Å². The van der Waals surface area contributed by atoms with Crippen LogP contribution in [0.3, 0.4) is 0 Å². The summed E-state index contributed by atoms with van der Waals surface area (Å²) in [5.41, 5.74) is 0. The number of hydrogen-bond donors (Lipinski definition) is 0. The highest BCUT2D eigenvalue weighted by Gasteiger charge is 2.40. The molecule has 0 aromatic heterocycles. The molecule has 0 unspecified atom stereocenters. The molecule has 0 radical (unpaired) electrons. The molecule has 1 fully saturated rings. The smallest absolute Gasteiger partial charge is 0.306 e. The molecule has 2 aliphatic rings. The fourth-order valence-corrected chi connectivity index (χ4v) is 3.66. The Hall–Kier alpha value is -0.950. The van der Waals surface area contributed by atoms with Crippen molar-refractivity contribution < 1.29 is 28.5 Å². The van der Waals surface area contributed by atoms with E-state index >= 15 is 0 Å². The molecular formula is C21H36O6. The van der Waals surface area contributed by atoms with Crippen molar-refractivity contribution in [1.82, 2.24) is 0 Å². The lowest BCUT2D eigenvalue weighted by atomic mass is 10.0. The number of unbranched alkanes of at least 4 members (excludes halogenated alkanes) is 3. The number of cyclic esters (lactones) is 1. The zero-order valence-electron chi connectivity index (χ0n) is 17.3. The van der Waals surface area contributed by atoms with Crippen molar-refractivity contribution in [3.05, 3.63) is 12.2 Å². The number of carbonyl (C=O) groups is 1. The largest absolute Gasteiger partial charge is 0.459 e. The van der Waals surface area contributed by atoms with Crippen LogP contribution in [0.2, 0.25) is 0 Å². The maximum atomic E-state index is 12.4. The lowest BCUT2D eigenvalue weighted by Crippen LogP contribution is -2.35. The average Bonchev–Trinajstić information content (AvgIpc) is 2.92. The Kier molecular flexibility index (Phi) is 9.22. The quantitative estimate of drug-likeness (QED) is 0.258. The number of hydrogen-bond acceptors (Lipinski definition) is 6. The van der Waals surface area contributed by atoms with E-state index in [9.17, 15) is 4.79 Å². The third kappa shape index (κ3) is 7.53. The summed E-state index contributed by atoms with van der Waals surface area (Å²) in [6.45, 7) is 6.20. The Morgan fingerprint density at radius 1 is 1.26 bits per heavy atom. The molecule has 0 aromatic carbocycles. The monoisotopic (exact) mass is 384 g/mol. The fourth-order valence-electron chi connectivity index (χ4n) is 3.66. The van der Waals surface area contributed by atoms with E-state index in [-0.39, 0.29) is 37.2 Å². The summed E-state index contributed by atoms with van der Waals surface area (Å²) in [4.78, 5) is 12.4. The summed E-state index contributed by atoms with van der Waals surface area (Å²) in [6.07, 6.45) is 10.3. The van der Waals surface area contributed by atoms with E-state index < -0.39 is 5.79 Å². The average molecular weight is 385 g/mol. The van der Waals surface area contributed by atoms with Crippen LogP contribution in [-0.2, 0) is 28.5 Å². The SMILES string of the molecule is CCCCCC[C@H](OCOC)[C@@H]1C/C=C/[C@H]2OC(C)(C)O[C@@H]2CCC(=O)O1. The van der Waals surface area contributed by atoms with Crippen molar-refractivity contribution in [2.24, 2.45) is 0 Å². The molecule has 0 spiro atoms. The number of fused-ring (bicyclic) bond motifs is 1. The summed E-state index contributed by atoms with van der Waals surface area (Å²) in [7, 11) is 1.60. The molecule has 156 valence electrons.